The molecular formula is C26H31FN4O3. The largest absolute Gasteiger partial charge is 0.385 e. The van der Waals surface area contributed by atoms with Crippen LogP contribution < -0.4 is 10.2 Å². The summed E-state index contributed by atoms with van der Waals surface area (Å²) in [5.74, 6) is 0.0363. The number of nitrogens with one attached hydrogen (secondary N) is 1. The minimum atomic E-state index is -0.476. The highest BCUT2D eigenvalue weighted by atomic mass is 19.1. The first kappa shape index (κ1) is 23.9. The third-order valence-corrected chi connectivity index (χ3v) is 6.47. The van der Waals surface area contributed by atoms with Crippen LogP contribution in [0.3, 0.4) is 0 Å². The van der Waals surface area contributed by atoms with Crippen LogP contribution in [-0.4, -0.2) is 42.1 Å². The van der Waals surface area contributed by atoms with Crippen molar-refractivity contribution in [2.45, 2.75) is 45.1 Å². The van der Waals surface area contributed by atoms with Crippen molar-refractivity contribution in [1.29, 1.82) is 0 Å². The predicted molar refractivity (Wildman–Crippen MR) is 131 cm³/mol. The summed E-state index contributed by atoms with van der Waals surface area (Å²) in [6.07, 6.45) is 5.95. The van der Waals surface area contributed by atoms with E-state index in [0.29, 0.717) is 37.0 Å². The molecule has 0 saturated heterocycles. The molecule has 2 amide bonds. The number of anilines is 2. The van der Waals surface area contributed by atoms with Gasteiger partial charge < -0.3 is 14.2 Å². The molecule has 34 heavy (non-hydrogen) atoms. The van der Waals surface area contributed by atoms with Crippen LogP contribution in [0.1, 0.15) is 48.9 Å². The number of hydrogen-bond donors (Lipinski definition) is 1. The first-order valence-electron chi connectivity index (χ1n) is 11.8. The van der Waals surface area contributed by atoms with E-state index < -0.39 is 11.7 Å². The van der Waals surface area contributed by atoms with Gasteiger partial charge in [-0.3, -0.25) is 14.9 Å². The quantitative estimate of drug-likeness (QED) is 0.450. The van der Waals surface area contributed by atoms with E-state index >= 15 is 0 Å². The van der Waals surface area contributed by atoms with Crippen molar-refractivity contribution in [2.75, 3.05) is 31.0 Å². The van der Waals surface area contributed by atoms with Gasteiger partial charge in [-0.2, -0.15) is 0 Å². The lowest BCUT2D eigenvalue weighted by Gasteiger charge is -2.19. The SMILES string of the molecule is COCCCn1c(NC(=O)c2cccc(F)c2)nc2cc(N(C)C(=O)CC3CCCC3)ccc21. The van der Waals surface area contributed by atoms with Gasteiger partial charge >= 0.3 is 0 Å². The summed E-state index contributed by atoms with van der Waals surface area (Å²) in [4.78, 5) is 31.9. The van der Waals surface area contributed by atoms with E-state index in [1.165, 1.54) is 31.0 Å². The zero-order chi connectivity index (χ0) is 24.1. The fourth-order valence-corrected chi connectivity index (χ4v) is 4.56. The number of amides is 2. The molecule has 4 rings (SSSR count). The van der Waals surface area contributed by atoms with Gasteiger partial charge in [-0.1, -0.05) is 18.9 Å². The second-order valence-corrected chi connectivity index (χ2v) is 8.88. The minimum Gasteiger partial charge on any atom is -0.385 e. The normalized spacial score (nSPS) is 14.0. The minimum absolute atomic E-state index is 0.102. The fourth-order valence-electron chi connectivity index (χ4n) is 4.56. The molecule has 8 heteroatoms. The van der Waals surface area contributed by atoms with Gasteiger partial charge in [-0.05, 0) is 61.6 Å². The highest BCUT2D eigenvalue weighted by Gasteiger charge is 2.22. The average Bonchev–Trinajstić information content (AvgIpc) is 3.46. The van der Waals surface area contributed by atoms with E-state index in [0.717, 1.165) is 30.5 Å². The maximum Gasteiger partial charge on any atom is 0.258 e. The number of hydrogen-bond acceptors (Lipinski definition) is 4. The topological polar surface area (TPSA) is 76.5 Å². The summed E-state index contributed by atoms with van der Waals surface area (Å²) in [7, 11) is 3.43. The second kappa shape index (κ2) is 10.8. The lowest BCUT2D eigenvalue weighted by Crippen LogP contribution is -2.27. The zero-order valence-corrected chi connectivity index (χ0v) is 19.7. The molecule has 1 fully saturated rings. The van der Waals surface area contributed by atoms with Crippen molar-refractivity contribution < 1.29 is 18.7 Å². The number of methoxy groups -OCH3 is 1. The third kappa shape index (κ3) is 5.44. The number of ether oxygens (including phenoxy) is 1. The molecular weight excluding hydrogens is 435 g/mol. The molecule has 0 bridgehead atoms. The number of carbonyl (C=O) groups excluding carboxylic acids is 2. The van der Waals surface area contributed by atoms with Crippen molar-refractivity contribution in [2.24, 2.45) is 5.92 Å². The molecule has 0 unspecified atom stereocenters. The smallest absolute Gasteiger partial charge is 0.258 e. The number of rotatable bonds is 9. The Morgan fingerprint density at radius 3 is 2.74 bits per heavy atom. The molecule has 0 spiro atoms. The number of imidazole rings is 1. The van der Waals surface area contributed by atoms with E-state index in [2.05, 4.69) is 10.3 Å². The lowest BCUT2D eigenvalue weighted by molar-refractivity contribution is -0.119. The van der Waals surface area contributed by atoms with Crippen LogP contribution in [0.15, 0.2) is 42.5 Å². The highest BCUT2D eigenvalue weighted by Crippen LogP contribution is 2.30. The van der Waals surface area contributed by atoms with Crippen LogP contribution in [0, 0.1) is 11.7 Å². The molecule has 1 N–H and O–H groups in total. The number of aromatic nitrogens is 2. The summed E-state index contributed by atoms with van der Waals surface area (Å²) < 4.78 is 20.7. The Bertz CT molecular complexity index is 1170. The van der Waals surface area contributed by atoms with Gasteiger partial charge in [0.2, 0.25) is 11.9 Å². The molecule has 0 radical (unpaired) electrons. The molecule has 7 nitrogen and oxygen atoms in total. The fraction of sp³-hybridized carbons (Fsp3) is 0.423. The number of aryl methyl sites for hydroxylation is 1. The molecule has 180 valence electrons. The summed E-state index contributed by atoms with van der Waals surface area (Å²) in [6.45, 7) is 1.15. The summed E-state index contributed by atoms with van der Waals surface area (Å²) in [5.41, 5.74) is 2.49. The van der Waals surface area contributed by atoms with E-state index in [-0.39, 0.29) is 11.5 Å². The molecule has 1 aliphatic rings. The van der Waals surface area contributed by atoms with Gasteiger partial charge in [0.15, 0.2) is 0 Å². The Labute approximate surface area is 198 Å². The number of carbonyl (C=O) groups is 2. The van der Waals surface area contributed by atoms with Crippen molar-refractivity contribution in [1.82, 2.24) is 9.55 Å². The van der Waals surface area contributed by atoms with Gasteiger partial charge in [0.1, 0.15) is 5.82 Å². The molecule has 3 aromatic rings. The van der Waals surface area contributed by atoms with E-state index in [9.17, 15) is 14.0 Å². The van der Waals surface area contributed by atoms with Crippen LogP contribution in [0.25, 0.3) is 11.0 Å². The summed E-state index contributed by atoms with van der Waals surface area (Å²) in [5, 5.41) is 2.82. The Morgan fingerprint density at radius 2 is 2.00 bits per heavy atom. The van der Waals surface area contributed by atoms with Crippen molar-refractivity contribution in [3.63, 3.8) is 0 Å². The monoisotopic (exact) mass is 466 g/mol. The van der Waals surface area contributed by atoms with Gasteiger partial charge in [0.25, 0.3) is 5.91 Å². The van der Waals surface area contributed by atoms with E-state index in [4.69, 9.17) is 4.74 Å². The Balaban J connectivity index is 1.59. The molecule has 2 aromatic carbocycles. The Hall–Kier alpha value is -3.26. The van der Waals surface area contributed by atoms with Crippen LogP contribution in [0.4, 0.5) is 16.0 Å². The standard InChI is InChI=1S/C26H31FN4O3/c1-30(24(32)15-18-7-3-4-8-18)21-11-12-23-22(17-21)28-26(31(23)13-6-14-34-2)29-25(33)19-9-5-10-20(27)16-19/h5,9-12,16-18H,3-4,6-8,13-15H2,1-2H3,(H,28,29,33). The van der Waals surface area contributed by atoms with Gasteiger partial charge in [0, 0.05) is 45.0 Å². The molecule has 0 aliphatic heterocycles. The molecule has 1 saturated carbocycles. The lowest BCUT2D eigenvalue weighted by atomic mass is 10.0. The maximum absolute atomic E-state index is 13.6. The van der Waals surface area contributed by atoms with Gasteiger partial charge in [0.05, 0.1) is 11.0 Å². The van der Waals surface area contributed by atoms with Crippen LogP contribution >= 0.6 is 0 Å². The number of fused-ring (bicyclic) bond motifs is 1. The van der Waals surface area contributed by atoms with E-state index in [1.807, 2.05) is 22.8 Å². The molecule has 1 heterocycles. The first-order chi connectivity index (χ1) is 16.5. The predicted octanol–water partition coefficient (Wildman–Crippen LogP) is 5.01. The first-order valence-corrected chi connectivity index (χ1v) is 11.8. The van der Waals surface area contributed by atoms with Crippen LogP contribution in [0.2, 0.25) is 0 Å². The van der Waals surface area contributed by atoms with Gasteiger partial charge in [-0.25, -0.2) is 9.37 Å². The maximum atomic E-state index is 13.6. The third-order valence-electron chi connectivity index (χ3n) is 6.47. The van der Waals surface area contributed by atoms with Crippen molar-refractivity contribution >= 4 is 34.5 Å². The number of halogens is 1. The summed E-state index contributed by atoms with van der Waals surface area (Å²) >= 11 is 0. The Kier molecular flexibility index (Phi) is 7.57. The van der Waals surface area contributed by atoms with Crippen molar-refractivity contribution in [3.8, 4) is 0 Å². The second-order valence-electron chi connectivity index (χ2n) is 8.88. The van der Waals surface area contributed by atoms with Gasteiger partial charge in [-0.15, -0.1) is 0 Å². The molecule has 1 aliphatic carbocycles. The highest BCUT2D eigenvalue weighted by molar-refractivity contribution is 6.04. The van der Waals surface area contributed by atoms with E-state index in [1.54, 1.807) is 25.1 Å². The average molecular weight is 467 g/mol. The van der Waals surface area contributed by atoms with Crippen molar-refractivity contribution in [3.05, 3.63) is 53.8 Å². The van der Waals surface area contributed by atoms with Crippen LogP contribution in [-0.2, 0) is 16.1 Å². The molecule has 0 atom stereocenters. The number of benzene rings is 2. The summed E-state index contributed by atoms with van der Waals surface area (Å²) in [6, 6.07) is 11.2. The zero-order valence-electron chi connectivity index (χ0n) is 19.7. The van der Waals surface area contributed by atoms with Crippen LogP contribution in [0.5, 0.6) is 0 Å². The Morgan fingerprint density at radius 1 is 1.21 bits per heavy atom. The number of nitrogens with zero attached hydrogens (tertiary/aromatic N) is 3. The molecule has 1 aromatic heterocycles.